The molecule has 2 aromatic rings. The monoisotopic (exact) mass is 377 g/mol. The van der Waals surface area contributed by atoms with Gasteiger partial charge in [0, 0.05) is 37.2 Å². The summed E-state index contributed by atoms with van der Waals surface area (Å²) in [6, 6.07) is 18.3. The first kappa shape index (κ1) is 20.3. The molecule has 0 unspecified atom stereocenters. The number of benzene rings is 2. The Balaban J connectivity index is 1.75. The quantitative estimate of drug-likeness (QED) is 0.564. The number of nitrogens with zero attached hydrogens (tertiary/aromatic N) is 1. The van der Waals surface area contributed by atoms with Gasteiger partial charge in [-0.25, -0.2) is 0 Å². The number of carbonyl (C=O) groups excluding carboxylic acids is 2. The summed E-state index contributed by atoms with van der Waals surface area (Å²) in [6.45, 7) is 5.81. The molecule has 0 saturated carbocycles. The standard InChI is InChI=1S/C25H31NO2/c1-3-8-23(27)20-12-14-22(15-13-20)26-18-16-25(17-19-26,24(28)9-4-2)21-10-6-5-7-11-21/h5-7,10-15H,3-4,8-9,16-19H2,1-2H3. The van der Waals surface area contributed by atoms with Gasteiger partial charge < -0.3 is 4.90 Å². The zero-order chi connectivity index (χ0) is 20.0. The smallest absolute Gasteiger partial charge is 0.162 e. The summed E-state index contributed by atoms with van der Waals surface area (Å²) in [5, 5.41) is 0. The van der Waals surface area contributed by atoms with Gasteiger partial charge in [-0.3, -0.25) is 9.59 Å². The van der Waals surface area contributed by atoms with Crippen molar-refractivity contribution < 1.29 is 9.59 Å². The second-order valence-corrected chi connectivity index (χ2v) is 7.83. The van der Waals surface area contributed by atoms with Gasteiger partial charge in [-0.15, -0.1) is 0 Å². The molecule has 148 valence electrons. The van der Waals surface area contributed by atoms with Gasteiger partial charge in [0.25, 0.3) is 0 Å². The average molecular weight is 378 g/mol. The first-order valence-electron chi connectivity index (χ1n) is 10.6. The molecule has 1 saturated heterocycles. The van der Waals surface area contributed by atoms with Gasteiger partial charge >= 0.3 is 0 Å². The average Bonchev–Trinajstić information content (AvgIpc) is 2.75. The van der Waals surface area contributed by atoms with Crippen LogP contribution in [0.4, 0.5) is 5.69 Å². The number of anilines is 1. The molecular weight excluding hydrogens is 346 g/mol. The minimum Gasteiger partial charge on any atom is -0.371 e. The first-order chi connectivity index (χ1) is 13.6. The Bertz CT molecular complexity index is 787. The third-order valence-corrected chi connectivity index (χ3v) is 5.99. The van der Waals surface area contributed by atoms with E-state index in [9.17, 15) is 9.59 Å². The van der Waals surface area contributed by atoms with Crippen molar-refractivity contribution in [3.05, 3.63) is 65.7 Å². The van der Waals surface area contributed by atoms with Crippen molar-refractivity contribution in [2.24, 2.45) is 0 Å². The summed E-state index contributed by atoms with van der Waals surface area (Å²) >= 11 is 0. The minimum atomic E-state index is -0.356. The van der Waals surface area contributed by atoms with E-state index in [2.05, 4.69) is 24.0 Å². The summed E-state index contributed by atoms with van der Waals surface area (Å²) in [6.07, 6.45) is 4.69. The van der Waals surface area contributed by atoms with Gasteiger partial charge in [-0.05, 0) is 55.5 Å². The Kier molecular flexibility index (Phi) is 6.66. The van der Waals surface area contributed by atoms with E-state index in [1.807, 2.05) is 49.4 Å². The molecule has 0 spiro atoms. The fourth-order valence-corrected chi connectivity index (χ4v) is 4.33. The van der Waals surface area contributed by atoms with Crippen LogP contribution in [-0.4, -0.2) is 24.7 Å². The summed E-state index contributed by atoms with van der Waals surface area (Å²) in [7, 11) is 0. The fourth-order valence-electron chi connectivity index (χ4n) is 4.33. The summed E-state index contributed by atoms with van der Waals surface area (Å²) < 4.78 is 0. The van der Waals surface area contributed by atoms with E-state index in [4.69, 9.17) is 0 Å². The lowest BCUT2D eigenvalue weighted by Crippen LogP contribution is -2.47. The van der Waals surface area contributed by atoms with E-state index < -0.39 is 0 Å². The van der Waals surface area contributed by atoms with Crippen molar-refractivity contribution in [2.45, 2.75) is 57.8 Å². The molecule has 1 aliphatic rings. The topological polar surface area (TPSA) is 37.4 Å². The largest absolute Gasteiger partial charge is 0.371 e. The zero-order valence-electron chi connectivity index (χ0n) is 17.1. The number of ketones is 2. The maximum atomic E-state index is 13.1. The molecule has 3 rings (SSSR count). The highest BCUT2D eigenvalue weighted by atomic mass is 16.1. The van der Waals surface area contributed by atoms with Crippen LogP contribution in [0.5, 0.6) is 0 Å². The van der Waals surface area contributed by atoms with Crippen LogP contribution >= 0.6 is 0 Å². The van der Waals surface area contributed by atoms with Crippen LogP contribution in [0.25, 0.3) is 0 Å². The molecule has 1 fully saturated rings. The minimum absolute atomic E-state index is 0.209. The molecule has 1 aliphatic heterocycles. The van der Waals surface area contributed by atoms with Crippen molar-refractivity contribution >= 4 is 17.3 Å². The fraction of sp³-hybridized carbons (Fsp3) is 0.440. The number of rotatable bonds is 8. The molecule has 0 radical (unpaired) electrons. The zero-order valence-corrected chi connectivity index (χ0v) is 17.1. The van der Waals surface area contributed by atoms with Gasteiger partial charge in [-0.2, -0.15) is 0 Å². The molecule has 3 heteroatoms. The van der Waals surface area contributed by atoms with Crippen molar-refractivity contribution in [1.29, 1.82) is 0 Å². The summed E-state index contributed by atoms with van der Waals surface area (Å²) in [5.41, 5.74) is 2.73. The predicted molar refractivity (Wildman–Crippen MR) is 115 cm³/mol. The second-order valence-electron chi connectivity index (χ2n) is 7.83. The van der Waals surface area contributed by atoms with Gasteiger partial charge in [0.2, 0.25) is 0 Å². The van der Waals surface area contributed by atoms with E-state index in [1.165, 1.54) is 0 Å². The number of hydrogen-bond donors (Lipinski definition) is 0. The SMILES string of the molecule is CCCC(=O)c1ccc(N2CCC(C(=O)CCC)(c3ccccc3)CC2)cc1. The molecule has 0 N–H and O–H groups in total. The van der Waals surface area contributed by atoms with E-state index in [-0.39, 0.29) is 11.2 Å². The van der Waals surface area contributed by atoms with Gasteiger partial charge in [0.05, 0.1) is 5.41 Å². The Labute approximate surface area is 168 Å². The Hall–Kier alpha value is -2.42. The highest BCUT2D eigenvalue weighted by molar-refractivity contribution is 5.96. The Morgan fingerprint density at radius 2 is 1.46 bits per heavy atom. The summed E-state index contributed by atoms with van der Waals surface area (Å²) in [5.74, 6) is 0.585. The number of hydrogen-bond acceptors (Lipinski definition) is 3. The first-order valence-corrected chi connectivity index (χ1v) is 10.6. The highest BCUT2D eigenvalue weighted by Crippen LogP contribution is 2.39. The highest BCUT2D eigenvalue weighted by Gasteiger charge is 2.41. The lowest BCUT2D eigenvalue weighted by Gasteiger charge is -2.42. The normalized spacial score (nSPS) is 16.0. The molecule has 1 heterocycles. The maximum Gasteiger partial charge on any atom is 0.162 e. The predicted octanol–water partition coefficient (Wildman–Crippen LogP) is 5.58. The van der Waals surface area contributed by atoms with Crippen molar-refractivity contribution in [1.82, 2.24) is 0 Å². The molecule has 28 heavy (non-hydrogen) atoms. The number of piperidine rings is 1. The summed E-state index contributed by atoms with van der Waals surface area (Å²) in [4.78, 5) is 27.5. The van der Waals surface area contributed by atoms with Crippen LogP contribution < -0.4 is 4.90 Å². The van der Waals surface area contributed by atoms with Crippen molar-refractivity contribution in [3.8, 4) is 0 Å². The Morgan fingerprint density at radius 1 is 0.857 bits per heavy atom. The number of Topliss-reactive ketones (excluding diaryl/α,β-unsaturated/α-hetero) is 2. The lowest BCUT2D eigenvalue weighted by molar-refractivity contribution is -0.125. The van der Waals surface area contributed by atoms with E-state index in [0.29, 0.717) is 18.6 Å². The molecule has 0 bridgehead atoms. The van der Waals surface area contributed by atoms with Crippen LogP contribution in [0.2, 0.25) is 0 Å². The molecule has 0 aromatic heterocycles. The van der Waals surface area contributed by atoms with Crippen LogP contribution in [0.1, 0.15) is 68.3 Å². The number of carbonyl (C=O) groups is 2. The molecular formula is C25H31NO2. The van der Waals surface area contributed by atoms with E-state index in [0.717, 1.165) is 55.6 Å². The van der Waals surface area contributed by atoms with Crippen LogP contribution in [0.3, 0.4) is 0 Å². The van der Waals surface area contributed by atoms with Crippen LogP contribution in [0, 0.1) is 0 Å². The van der Waals surface area contributed by atoms with Crippen molar-refractivity contribution in [2.75, 3.05) is 18.0 Å². The van der Waals surface area contributed by atoms with Crippen LogP contribution in [-0.2, 0) is 10.2 Å². The van der Waals surface area contributed by atoms with Gasteiger partial charge in [0.15, 0.2) is 5.78 Å². The Morgan fingerprint density at radius 3 is 2.04 bits per heavy atom. The van der Waals surface area contributed by atoms with Crippen molar-refractivity contribution in [3.63, 3.8) is 0 Å². The third-order valence-electron chi connectivity index (χ3n) is 5.99. The third kappa shape index (κ3) is 4.19. The van der Waals surface area contributed by atoms with Gasteiger partial charge in [0.1, 0.15) is 5.78 Å². The molecule has 2 aromatic carbocycles. The van der Waals surface area contributed by atoms with E-state index in [1.54, 1.807) is 0 Å². The molecule has 0 aliphatic carbocycles. The molecule has 0 amide bonds. The molecule has 3 nitrogen and oxygen atoms in total. The van der Waals surface area contributed by atoms with E-state index >= 15 is 0 Å². The molecule has 0 atom stereocenters. The van der Waals surface area contributed by atoms with Crippen LogP contribution in [0.15, 0.2) is 54.6 Å². The second kappa shape index (κ2) is 9.18. The maximum absolute atomic E-state index is 13.1. The van der Waals surface area contributed by atoms with Gasteiger partial charge in [-0.1, -0.05) is 44.2 Å². The lowest BCUT2D eigenvalue weighted by atomic mass is 9.68.